The lowest BCUT2D eigenvalue weighted by molar-refractivity contribution is -0.220. The zero-order chi connectivity index (χ0) is 31.4. The van der Waals surface area contributed by atoms with Gasteiger partial charge in [-0.25, -0.2) is 8.42 Å². The summed E-state index contributed by atoms with van der Waals surface area (Å²) in [7, 11) is -3.53. The third-order valence-corrected chi connectivity index (χ3v) is 16.2. The van der Waals surface area contributed by atoms with E-state index in [0.717, 1.165) is 44.9 Å². The highest BCUT2D eigenvalue weighted by Gasteiger charge is 2.72. The van der Waals surface area contributed by atoms with Crippen molar-refractivity contribution >= 4 is 21.4 Å². The molecule has 6 rings (SSSR count). The van der Waals surface area contributed by atoms with Crippen molar-refractivity contribution < 1.29 is 18.0 Å². The summed E-state index contributed by atoms with van der Waals surface area (Å²) >= 11 is 0. The summed E-state index contributed by atoms with van der Waals surface area (Å²) in [5, 5.41) is 9.98. The van der Waals surface area contributed by atoms with Crippen LogP contribution in [0.3, 0.4) is 0 Å². The van der Waals surface area contributed by atoms with Crippen molar-refractivity contribution in [3.63, 3.8) is 0 Å². The summed E-state index contributed by atoms with van der Waals surface area (Å²) in [6.45, 7) is 15.5. The van der Waals surface area contributed by atoms with Crippen molar-refractivity contribution in [2.45, 2.75) is 105 Å². The van der Waals surface area contributed by atoms with E-state index in [1.54, 1.807) is 24.3 Å². The number of sulfone groups is 1. The van der Waals surface area contributed by atoms with Gasteiger partial charge in [-0.3, -0.25) is 9.59 Å². The predicted octanol–water partition coefficient (Wildman–Crippen LogP) is 7.76. The van der Waals surface area contributed by atoms with Gasteiger partial charge >= 0.3 is 0 Å². The highest BCUT2D eigenvalue weighted by molar-refractivity contribution is 7.91. The number of hydrogen-bond donors (Lipinski definition) is 0. The van der Waals surface area contributed by atoms with Crippen molar-refractivity contribution in [2.75, 3.05) is 5.75 Å². The van der Waals surface area contributed by atoms with Crippen LogP contribution >= 0.6 is 0 Å². The average Bonchev–Trinajstić information content (AvgIpc) is 2.93. The van der Waals surface area contributed by atoms with Gasteiger partial charge in [0.1, 0.15) is 11.9 Å². The standard InChI is InChI=1S/C37H49NO4S/c1-32(2)15-17-37(23-43(41,42)25-11-9-8-10-12-25)18-16-36(7)30(26(37)21-32)27(39)19-29-34(5)20-24(22-38)31(40)33(3,4)28(34)13-14-35(29,36)6/h8-12,20,26,28-30H,13-19,21,23H2,1-7H3/t26?,28-,29+,30+,34-,35+,36+,37+/m0/s1. The Morgan fingerprint density at radius 3 is 2.16 bits per heavy atom. The first-order chi connectivity index (χ1) is 19.9. The molecule has 4 saturated carbocycles. The number of benzene rings is 1. The van der Waals surface area contributed by atoms with Crippen LogP contribution in [-0.2, 0) is 19.4 Å². The number of nitrogens with zero attached hydrogens (tertiary/aromatic N) is 1. The normalized spacial score (nSPS) is 43.3. The van der Waals surface area contributed by atoms with Crippen molar-refractivity contribution in [3.05, 3.63) is 42.0 Å². The minimum Gasteiger partial charge on any atom is -0.299 e. The van der Waals surface area contributed by atoms with Gasteiger partial charge in [0.05, 0.1) is 16.2 Å². The molecule has 0 aliphatic heterocycles. The number of nitriles is 1. The summed E-state index contributed by atoms with van der Waals surface area (Å²) in [4.78, 5) is 28.5. The number of carbonyl (C=O) groups excluding carboxylic acids is 2. The lowest BCUT2D eigenvalue weighted by atomic mass is 9.31. The molecule has 43 heavy (non-hydrogen) atoms. The fraction of sp³-hybridized carbons (Fsp3) is 0.703. The van der Waals surface area contributed by atoms with Gasteiger partial charge in [-0.15, -0.1) is 0 Å². The molecule has 0 heterocycles. The third-order valence-electron chi connectivity index (χ3n) is 14.2. The molecule has 5 aliphatic carbocycles. The van der Waals surface area contributed by atoms with Crippen molar-refractivity contribution in [1.82, 2.24) is 0 Å². The van der Waals surface area contributed by atoms with Crippen LogP contribution in [-0.4, -0.2) is 25.7 Å². The summed E-state index contributed by atoms with van der Waals surface area (Å²) < 4.78 is 27.8. The summed E-state index contributed by atoms with van der Waals surface area (Å²) in [6, 6.07) is 11.0. The van der Waals surface area contributed by atoms with Gasteiger partial charge in [-0.2, -0.15) is 5.26 Å². The number of allylic oxidation sites excluding steroid dienone is 2. The Morgan fingerprint density at radius 2 is 1.51 bits per heavy atom. The first-order valence-electron chi connectivity index (χ1n) is 16.4. The molecule has 0 spiro atoms. The Bertz CT molecular complexity index is 1550. The molecule has 0 amide bonds. The van der Waals surface area contributed by atoms with Crippen molar-refractivity contribution in [2.24, 2.45) is 56.2 Å². The van der Waals surface area contributed by atoms with Crippen LogP contribution in [0.5, 0.6) is 0 Å². The summed E-state index contributed by atoms with van der Waals surface area (Å²) in [5.41, 5.74) is -1.67. The van der Waals surface area contributed by atoms with E-state index in [2.05, 4.69) is 40.7 Å². The maximum absolute atomic E-state index is 14.8. The molecule has 5 nitrogen and oxygen atoms in total. The SMILES string of the molecule is CC1(C)CC[C@]2(CS(=O)(=O)c3ccccc3)CC[C@]3(C)[C@@H](C(=O)C[C@@H]4[C@@]5(C)C=C(C#N)C(=O)C(C)(C)[C@@H]5CC[C@]43C)C2C1. The number of hydrogen-bond acceptors (Lipinski definition) is 5. The fourth-order valence-electron chi connectivity index (χ4n) is 11.8. The van der Waals surface area contributed by atoms with Gasteiger partial charge in [-0.1, -0.05) is 72.7 Å². The van der Waals surface area contributed by atoms with E-state index in [0.29, 0.717) is 11.3 Å². The summed E-state index contributed by atoms with van der Waals surface area (Å²) in [6.07, 6.45) is 8.52. The quantitative estimate of drug-likeness (QED) is 0.352. The Morgan fingerprint density at radius 1 is 0.860 bits per heavy atom. The molecule has 5 aliphatic rings. The zero-order valence-corrected chi connectivity index (χ0v) is 27.9. The molecule has 0 radical (unpaired) electrons. The Kier molecular flexibility index (Phi) is 6.71. The Balaban J connectivity index is 1.45. The highest BCUT2D eigenvalue weighted by atomic mass is 32.2. The predicted molar refractivity (Wildman–Crippen MR) is 167 cm³/mol. The average molecular weight is 604 g/mol. The van der Waals surface area contributed by atoms with Crippen LogP contribution < -0.4 is 0 Å². The third kappa shape index (κ3) is 4.15. The molecule has 6 heteroatoms. The van der Waals surface area contributed by atoms with E-state index in [4.69, 9.17) is 0 Å². The second-order valence-corrected chi connectivity index (χ2v) is 19.1. The molecular formula is C37H49NO4S. The number of Topliss-reactive ketones (excluding diaryl/α,β-unsaturated/α-hetero) is 2. The molecule has 1 aromatic rings. The lowest BCUT2D eigenvalue weighted by Gasteiger charge is -2.72. The van der Waals surface area contributed by atoms with Gasteiger partial charge < -0.3 is 0 Å². The topological polar surface area (TPSA) is 92.1 Å². The number of rotatable bonds is 3. The number of ketones is 2. The van der Waals surface area contributed by atoms with Gasteiger partial charge in [-0.05, 0) is 102 Å². The number of carbonyl (C=O) groups is 2. The lowest BCUT2D eigenvalue weighted by Crippen LogP contribution is -2.69. The van der Waals surface area contributed by atoms with Crippen LogP contribution in [0.2, 0.25) is 0 Å². The second kappa shape index (κ2) is 9.38. The minimum atomic E-state index is -3.53. The molecule has 0 aromatic heterocycles. The van der Waals surface area contributed by atoms with E-state index in [9.17, 15) is 23.3 Å². The van der Waals surface area contributed by atoms with E-state index in [1.807, 2.05) is 26.0 Å². The van der Waals surface area contributed by atoms with Crippen molar-refractivity contribution in [3.8, 4) is 6.07 Å². The molecular weight excluding hydrogens is 554 g/mol. The molecule has 0 N–H and O–H groups in total. The minimum absolute atomic E-state index is 0.0128. The Hall–Kier alpha value is -2.26. The highest BCUT2D eigenvalue weighted by Crippen LogP contribution is 2.76. The second-order valence-electron chi connectivity index (χ2n) is 17.1. The van der Waals surface area contributed by atoms with Crippen LogP contribution in [0.4, 0.5) is 0 Å². The fourth-order valence-corrected chi connectivity index (χ4v) is 13.8. The van der Waals surface area contributed by atoms with Crippen LogP contribution in [0.15, 0.2) is 46.9 Å². The van der Waals surface area contributed by atoms with Gasteiger partial charge in [0.25, 0.3) is 0 Å². The van der Waals surface area contributed by atoms with Gasteiger partial charge in [0.15, 0.2) is 15.6 Å². The molecule has 1 unspecified atom stereocenters. The first kappa shape index (κ1) is 30.8. The molecule has 0 saturated heterocycles. The molecule has 1 aromatic carbocycles. The van der Waals surface area contributed by atoms with E-state index < -0.39 is 26.1 Å². The van der Waals surface area contributed by atoms with Crippen LogP contribution in [0, 0.1) is 67.5 Å². The molecule has 232 valence electrons. The maximum atomic E-state index is 14.8. The molecule has 0 bridgehead atoms. The van der Waals surface area contributed by atoms with Gasteiger partial charge in [0.2, 0.25) is 0 Å². The molecule has 8 atom stereocenters. The summed E-state index contributed by atoms with van der Waals surface area (Å²) in [5.74, 6) is 0.235. The number of fused-ring (bicyclic) bond motifs is 7. The van der Waals surface area contributed by atoms with Crippen LogP contribution in [0.25, 0.3) is 0 Å². The first-order valence-corrected chi connectivity index (χ1v) is 18.0. The van der Waals surface area contributed by atoms with Crippen LogP contribution in [0.1, 0.15) is 99.8 Å². The maximum Gasteiger partial charge on any atom is 0.178 e. The van der Waals surface area contributed by atoms with Crippen molar-refractivity contribution in [1.29, 1.82) is 5.26 Å². The Labute approximate surface area is 258 Å². The smallest absolute Gasteiger partial charge is 0.178 e. The van der Waals surface area contributed by atoms with E-state index in [1.165, 1.54) is 0 Å². The van der Waals surface area contributed by atoms with E-state index in [-0.39, 0.29) is 62.8 Å². The largest absolute Gasteiger partial charge is 0.299 e. The zero-order valence-electron chi connectivity index (χ0n) is 27.1. The monoisotopic (exact) mass is 603 g/mol. The molecule has 4 fully saturated rings. The van der Waals surface area contributed by atoms with Gasteiger partial charge in [0, 0.05) is 17.8 Å². The van der Waals surface area contributed by atoms with E-state index >= 15 is 0 Å².